The van der Waals surface area contributed by atoms with Crippen LogP contribution in [0.4, 0.5) is 0 Å². The summed E-state index contributed by atoms with van der Waals surface area (Å²) in [6.45, 7) is 2.58. The molecule has 7 heteroatoms. The van der Waals surface area contributed by atoms with Gasteiger partial charge in [-0.1, -0.05) is 49.6 Å². The topological polar surface area (TPSA) is 59.9 Å². The van der Waals surface area contributed by atoms with E-state index >= 15 is 0 Å². The van der Waals surface area contributed by atoms with Gasteiger partial charge in [0.25, 0.3) is 0 Å². The average Bonchev–Trinajstić information content (AvgIpc) is 3.39. The number of ether oxygens (including phenoxy) is 2. The van der Waals surface area contributed by atoms with Crippen LogP contribution in [0, 0.1) is 20.8 Å². The van der Waals surface area contributed by atoms with Crippen LogP contribution >= 0.6 is 34.2 Å². The van der Waals surface area contributed by atoms with E-state index in [0.717, 1.165) is 27.5 Å². The van der Waals surface area contributed by atoms with Gasteiger partial charge in [0, 0.05) is 16.5 Å². The van der Waals surface area contributed by atoms with E-state index in [1.807, 2.05) is 36.4 Å². The highest BCUT2D eigenvalue weighted by molar-refractivity contribution is 14.1. The van der Waals surface area contributed by atoms with Crippen LogP contribution in [0.5, 0.6) is 11.5 Å². The van der Waals surface area contributed by atoms with Crippen LogP contribution in [-0.4, -0.2) is 19.2 Å². The molecule has 0 radical (unpaired) electrons. The maximum Gasteiger partial charge on any atom is 0.244 e. The molecule has 5 nitrogen and oxygen atoms in total. The van der Waals surface area contributed by atoms with E-state index in [0.29, 0.717) is 29.0 Å². The molecule has 2 fully saturated rings. The van der Waals surface area contributed by atoms with Crippen molar-refractivity contribution in [3.05, 3.63) is 56.1 Å². The minimum absolute atomic E-state index is 0.0343. The first kappa shape index (κ1) is 22.4. The number of nitrogens with one attached hydrogen (secondary N) is 1. The van der Waals surface area contributed by atoms with Crippen LogP contribution in [0.25, 0.3) is 0 Å². The van der Waals surface area contributed by atoms with Crippen molar-refractivity contribution < 1.29 is 14.3 Å². The lowest BCUT2D eigenvalue weighted by atomic mass is 9.90. The van der Waals surface area contributed by atoms with Gasteiger partial charge in [0.2, 0.25) is 5.91 Å². The number of hydrazone groups is 1. The van der Waals surface area contributed by atoms with Gasteiger partial charge >= 0.3 is 0 Å². The minimum atomic E-state index is 0.0343. The molecule has 2 aromatic carbocycles. The van der Waals surface area contributed by atoms with Crippen LogP contribution in [0.15, 0.2) is 41.5 Å². The summed E-state index contributed by atoms with van der Waals surface area (Å²) in [4.78, 5) is 12.6. The van der Waals surface area contributed by atoms with E-state index in [1.165, 1.54) is 12.8 Å². The summed E-state index contributed by atoms with van der Waals surface area (Å²) in [6.07, 6.45) is 6.41. The molecule has 31 heavy (non-hydrogen) atoms. The highest BCUT2D eigenvalue weighted by Gasteiger charge is 2.64. The maximum absolute atomic E-state index is 12.6. The number of benzene rings is 2. The van der Waals surface area contributed by atoms with E-state index in [-0.39, 0.29) is 17.2 Å². The number of methoxy groups -OCH3 is 1. The van der Waals surface area contributed by atoms with Crippen LogP contribution in [-0.2, 0) is 11.4 Å². The molecule has 0 saturated heterocycles. The van der Waals surface area contributed by atoms with Crippen molar-refractivity contribution >= 4 is 46.3 Å². The van der Waals surface area contributed by atoms with Crippen LogP contribution in [0.3, 0.4) is 0 Å². The first-order valence-corrected chi connectivity index (χ1v) is 12.0. The molecule has 164 valence electrons. The van der Waals surface area contributed by atoms with Crippen molar-refractivity contribution in [3.8, 4) is 11.5 Å². The highest BCUT2D eigenvalue weighted by atomic mass is 127. The van der Waals surface area contributed by atoms with Gasteiger partial charge in [-0.2, -0.15) is 5.10 Å². The van der Waals surface area contributed by atoms with E-state index in [1.54, 1.807) is 13.3 Å². The Morgan fingerprint density at radius 1 is 1.35 bits per heavy atom. The van der Waals surface area contributed by atoms with Gasteiger partial charge in [-0.25, -0.2) is 5.43 Å². The van der Waals surface area contributed by atoms with Gasteiger partial charge in [-0.05, 0) is 70.5 Å². The van der Waals surface area contributed by atoms with Crippen LogP contribution in [0.1, 0.15) is 43.7 Å². The number of halogens is 2. The van der Waals surface area contributed by atoms with E-state index < -0.39 is 0 Å². The first-order chi connectivity index (χ1) is 14.9. The second kappa shape index (κ2) is 9.36. The Morgan fingerprint density at radius 3 is 2.87 bits per heavy atom. The molecule has 3 atom stereocenters. The Balaban J connectivity index is 1.40. The number of amides is 1. The number of fused-ring (bicyclic) bond motifs is 1. The smallest absolute Gasteiger partial charge is 0.244 e. The Bertz CT molecular complexity index is 1010. The standard InChI is InChI=1S/C24H26ClIN2O3/c1-24-10-6-5-8-17(24)21(24)23(29)28-27-13-15-11-19(26)22(20(12-15)30-2)31-14-16-7-3-4-9-18(16)25/h3-4,7,9,11-13,17,21H,5-6,8,10,14H2,1-2H3,(H,28,29)/b27-13-/t17-,21+,24+/m1/s1. The van der Waals surface area contributed by atoms with Crippen molar-refractivity contribution in [2.24, 2.45) is 22.4 Å². The number of nitrogens with zero attached hydrogens (tertiary/aromatic N) is 1. The van der Waals surface area contributed by atoms with Crippen molar-refractivity contribution in [2.75, 3.05) is 7.11 Å². The predicted octanol–water partition coefficient (Wildman–Crippen LogP) is 5.81. The van der Waals surface area contributed by atoms with Crippen molar-refractivity contribution in [3.63, 3.8) is 0 Å². The predicted molar refractivity (Wildman–Crippen MR) is 131 cm³/mol. The largest absolute Gasteiger partial charge is 0.493 e. The van der Waals surface area contributed by atoms with Crippen LogP contribution in [0.2, 0.25) is 5.02 Å². The molecule has 0 spiro atoms. The molecule has 0 bridgehead atoms. The number of hydrogen-bond donors (Lipinski definition) is 1. The molecule has 2 aliphatic rings. The molecule has 0 aromatic heterocycles. The summed E-state index contributed by atoms with van der Waals surface area (Å²) in [7, 11) is 1.60. The lowest BCUT2D eigenvalue weighted by Gasteiger charge is -2.15. The molecular weight excluding hydrogens is 527 g/mol. The Labute approximate surface area is 201 Å². The van der Waals surface area contributed by atoms with Crippen molar-refractivity contribution in [1.29, 1.82) is 0 Å². The zero-order valence-corrected chi connectivity index (χ0v) is 20.6. The summed E-state index contributed by atoms with van der Waals surface area (Å²) in [6, 6.07) is 11.4. The van der Waals surface area contributed by atoms with E-state index in [9.17, 15) is 4.79 Å². The van der Waals surface area contributed by atoms with Gasteiger partial charge in [0.15, 0.2) is 11.5 Å². The summed E-state index contributed by atoms with van der Waals surface area (Å²) >= 11 is 8.43. The van der Waals surface area contributed by atoms with Gasteiger partial charge in [0.05, 0.1) is 16.9 Å². The summed E-state index contributed by atoms with van der Waals surface area (Å²) in [5, 5.41) is 4.87. The highest BCUT2D eigenvalue weighted by Crippen LogP contribution is 2.66. The van der Waals surface area contributed by atoms with Crippen LogP contribution < -0.4 is 14.9 Å². The van der Waals surface area contributed by atoms with E-state index in [4.69, 9.17) is 21.1 Å². The molecular formula is C24H26ClIN2O3. The third-order valence-corrected chi connectivity index (χ3v) is 7.75. The Morgan fingerprint density at radius 2 is 2.16 bits per heavy atom. The third-order valence-electron chi connectivity index (χ3n) is 6.58. The first-order valence-electron chi connectivity index (χ1n) is 10.5. The zero-order valence-electron chi connectivity index (χ0n) is 17.7. The fraction of sp³-hybridized carbons (Fsp3) is 0.417. The Hall–Kier alpha value is -1.80. The average molecular weight is 553 g/mol. The van der Waals surface area contributed by atoms with Gasteiger partial charge in [-0.3, -0.25) is 4.79 Å². The fourth-order valence-electron chi connectivity index (χ4n) is 4.81. The third kappa shape index (κ3) is 4.70. The molecule has 2 aromatic rings. The molecule has 4 rings (SSSR count). The molecule has 0 aliphatic heterocycles. The van der Waals surface area contributed by atoms with Crippen molar-refractivity contribution in [2.45, 2.75) is 39.2 Å². The second-order valence-electron chi connectivity index (χ2n) is 8.48. The van der Waals surface area contributed by atoms with Gasteiger partial charge in [-0.15, -0.1) is 0 Å². The monoisotopic (exact) mass is 552 g/mol. The molecule has 0 heterocycles. The number of hydrogen-bond acceptors (Lipinski definition) is 4. The minimum Gasteiger partial charge on any atom is -0.493 e. The molecule has 2 aliphatic carbocycles. The Kier molecular flexibility index (Phi) is 6.77. The lowest BCUT2D eigenvalue weighted by Crippen LogP contribution is -2.22. The maximum atomic E-state index is 12.6. The summed E-state index contributed by atoms with van der Waals surface area (Å²) in [5.74, 6) is 1.91. The SMILES string of the molecule is COc1cc(/C=N\NC(=O)[C@@H]2[C@H]3CCCC[C@@]32C)cc(I)c1OCc1ccccc1Cl. The number of carbonyl (C=O) groups is 1. The second-order valence-corrected chi connectivity index (χ2v) is 10.1. The summed E-state index contributed by atoms with van der Waals surface area (Å²) < 4.78 is 12.4. The number of carbonyl (C=O) groups excluding carboxylic acids is 1. The molecule has 0 unspecified atom stereocenters. The zero-order chi connectivity index (χ0) is 22.0. The lowest BCUT2D eigenvalue weighted by molar-refractivity contribution is -0.123. The van der Waals surface area contributed by atoms with Gasteiger partial charge in [0.1, 0.15) is 6.61 Å². The fourth-order valence-corrected chi connectivity index (χ4v) is 5.78. The molecule has 2 saturated carbocycles. The quantitative estimate of drug-likeness (QED) is 0.268. The van der Waals surface area contributed by atoms with Crippen molar-refractivity contribution in [1.82, 2.24) is 5.43 Å². The van der Waals surface area contributed by atoms with Gasteiger partial charge < -0.3 is 9.47 Å². The molecule has 1 amide bonds. The molecule has 1 N–H and O–H groups in total. The number of rotatable bonds is 7. The van der Waals surface area contributed by atoms with E-state index in [2.05, 4.69) is 40.0 Å². The normalized spacial score (nSPS) is 24.5. The summed E-state index contributed by atoms with van der Waals surface area (Å²) in [5.41, 5.74) is 4.65.